The first-order valence-electron chi connectivity index (χ1n) is 15.8. The molecule has 0 aromatic heterocycles. The van der Waals surface area contributed by atoms with Crippen LogP contribution in [0.1, 0.15) is 68.7 Å². The summed E-state index contributed by atoms with van der Waals surface area (Å²) in [5, 5.41) is 6.94. The van der Waals surface area contributed by atoms with Crippen molar-refractivity contribution in [2.45, 2.75) is 59.3 Å². The van der Waals surface area contributed by atoms with Crippen LogP contribution in [0.25, 0.3) is 21.5 Å². The number of rotatable bonds is 8. The third-order valence-corrected chi connectivity index (χ3v) is 8.10. The molecule has 0 N–H and O–H groups in total. The van der Waals surface area contributed by atoms with Gasteiger partial charge in [-0.3, -0.25) is 0 Å². The molecule has 224 valence electrons. The zero-order valence-electron chi connectivity index (χ0n) is 26.9. The molecule has 0 heterocycles. The van der Waals surface area contributed by atoms with Crippen molar-refractivity contribution in [1.29, 1.82) is 0 Å². The minimum atomic E-state index is 0. The van der Waals surface area contributed by atoms with Gasteiger partial charge in [0, 0.05) is 0 Å². The van der Waals surface area contributed by atoms with Crippen molar-refractivity contribution in [3.05, 3.63) is 169 Å². The summed E-state index contributed by atoms with van der Waals surface area (Å²) >= 11 is 0. The molecule has 0 bridgehead atoms. The van der Waals surface area contributed by atoms with Gasteiger partial charge in [-0.15, -0.1) is 93.3 Å². The fourth-order valence-electron chi connectivity index (χ4n) is 4.66. The van der Waals surface area contributed by atoms with Gasteiger partial charge in [0.25, 0.3) is 0 Å². The average Bonchev–Trinajstić information content (AvgIpc) is 3.70. The molecular formula is C42H48SiZr. The molecule has 0 amide bonds. The largest absolute Gasteiger partial charge is 4.00 e. The van der Waals surface area contributed by atoms with Gasteiger partial charge < -0.3 is 6.92 Å². The van der Waals surface area contributed by atoms with Crippen LogP contribution in [-0.2, 0) is 39.0 Å². The molecule has 0 aliphatic carbocycles. The molecule has 0 atom stereocenters. The van der Waals surface area contributed by atoms with Gasteiger partial charge >= 0.3 is 26.2 Å². The Morgan fingerprint density at radius 3 is 1.52 bits per heavy atom. The maximum atomic E-state index is 3.60. The molecular weight excluding hydrogens is 624 g/mol. The van der Waals surface area contributed by atoms with Gasteiger partial charge in [0.1, 0.15) is 0 Å². The SMILES string of the molecule is CCc1cc2ccccc2[cH-]1.CCc1cc2ccccc2[cH-]1.[CH2-]CCC.[SiH2]=C(CC[CH-]c1ccccc1)c1ccccc1.[Zr+4]. The summed E-state index contributed by atoms with van der Waals surface area (Å²) in [5.41, 5.74) is 5.56. The first kappa shape index (κ1) is 37.1. The summed E-state index contributed by atoms with van der Waals surface area (Å²) in [4.78, 5) is 0. The van der Waals surface area contributed by atoms with E-state index in [1.807, 2.05) is 9.85 Å². The number of hydrogen-bond donors (Lipinski definition) is 0. The van der Waals surface area contributed by atoms with Crippen LogP contribution in [0.3, 0.4) is 0 Å². The average molecular weight is 672 g/mol. The zero-order valence-corrected chi connectivity index (χ0v) is 30.8. The molecule has 0 fully saturated rings. The fourth-order valence-corrected chi connectivity index (χ4v) is 5.10. The van der Waals surface area contributed by atoms with E-state index >= 15 is 0 Å². The first-order valence-corrected chi connectivity index (χ1v) is 16.5. The molecule has 0 nitrogen and oxygen atoms in total. The van der Waals surface area contributed by atoms with E-state index in [9.17, 15) is 0 Å². The molecule has 44 heavy (non-hydrogen) atoms. The Balaban J connectivity index is 0.000000220. The van der Waals surface area contributed by atoms with Crippen LogP contribution in [0.4, 0.5) is 0 Å². The maximum Gasteiger partial charge on any atom is 4.00 e. The second-order valence-corrected chi connectivity index (χ2v) is 11.5. The van der Waals surface area contributed by atoms with Gasteiger partial charge in [0.05, 0.1) is 0 Å². The fraction of sp³-hybridized carbons (Fsp3) is 0.214. The summed E-state index contributed by atoms with van der Waals surface area (Å²) in [5.74, 6) is 0. The number of aryl methyl sites for hydroxylation is 2. The van der Waals surface area contributed by atoms with Crippen molar-refractivity contribution in [3.8, 4) is 0 Å². The molecule has 6 rings (SSSR count). The first-order chi connectivity index (χ1) is 21.1. The Morgan fingerprint density at radius 2 is 1.09 bits per heavy atom. The molecule has 6 aromatic carbocycles. The van der Waals surface area contributed by atoms with E-state index in [0.717, 1.165) is 32.1 Å². The van der Waals surface area contributed by atoms with E-state index in [1.165, 1.54) is 55.4 Å². The summed E-state index contributed by atoms with van der Waals surface area (Å²) < 4.78 is 0. The molecule has 6 aromatic rings. The molecule has 0 unspecified atom stereocenters. The Hall–Kier alpha value is -3.06. The standard InChI is InChI=1S/C16H17Si.2C11H11.C4H9.Zr/c17-16(15-11-5-2-6-12-15)13-7-10-14-8-3-1-4-9-14;2*1-2-9-7-10-5-3-4-6-11(10)8-9;1-3-4-2;/h1-6,8-12H,7,13,17H2;2*3-8H,2H2,1H3;1,3-4H2,2H3;/q4*-1;+4. The van der Waals surface area contributed by atoms with E-state index in [2.05, 4.69) is 168 Å². The van der Waals surface area contributed by atoms with Crippen LogP contribution in [-0.4, -0.2) is 15.0 Å². The molecule has 0 radical (unpaired) electrons. The van der Waals surface area contributed by atoms with E-state index in [4.69, 9.17) is 0 Å². The van der Waals surface area contributed by atoms with Crippen molar-refractivity contribution in [2.75, 3.05) is 0 Å². The predicted molar refractivity (Wildman–Crippen MR) is 196 cm³/mol. The molecule has 0 saturated heterocycles. The van der Waals surface area contributed by atoms with E-state index in [-0.39, 0.29) is 26.2 Å². The summed E-state index contributed by atoms with van der Waals surface area (Å²) in [6.45, 7) is 10.1. The summed E-state index contributed by atoms with van der Waals surface area (Å²) in [6, 6.07) is 47.2. The van der Waals surface area contributed by atoms with Crippen molar-refractivity contribution in [1.82, 2.24) is 0 Å². The normalized spacial score (nSPS) is 9.82. The van der Waals surface area contributed by atoms with Gasteiger partial charge in [-0.05, 0) is 34.7 Å². The molecule has 2 heteroatoms. The van der Waals surface area contributed by atoms with Crippen LogP contribution in [0.2, 0.25) is 0 Å². The van der Waals surface area contributed by atoms with Crippen molar-refractivity contribution in [3.63, 3.8) is 0 Å². The Kier molecular flexibility index (Phi) is 18.2. The number of fused-ring (bicyclic) bond motifs is 2. The van der Waals surface area contributed by atoms with Crippen molar-refractivity contribution in [2.24, 2.45) is 0 Å². The van der Waals surface area contributed by atoms with Crippen LogP contribution in [0.5, 0.6) is 0 Å². The van der Waals surface area contributed by atoms with E-state index in [1.54, 1.807) is 0 Å². The minimum absolute atomic E-state index is 0. The van der Waals surface area contributed by atoms with Crippen LogP contribution < -0.4 is 0 Å². The van der Waals surface area contributed by atoms with Crippen LogP contribution >= 0.6 is 0 Å². The maximum absolute atomic E-state index is 3.60. The van der Waals surface area contributed by atoms with Crippen molar-refractivity contribution < 1.29 is 26.2 Å². The molecule has 0 saturated carbocycles. The monoisotopic (exact) mass is 670 g/mol. The Bertz CT molecular complexity index is 1450. The molecule has 0 spiro atoms. The minimum Gasteiger partial charge on any atom is -0.343 e. The summed E-state index contributed by atoms with van der Waals surface area (Å²) in [6.07, 6.45) is 9.09. The second kappa shape index (κ2) is 21.6. The third kappa shape index (κ3) is 12.9. The summed E-state index contributed by atoms with van der Waals surface area (Å²) in [7, 11) is 2.00. The predicted octanol–water partition coefficient (Wildman–Crippen LogP) is 10.7. The quantitative estimate of drug-likeness (QED) is 0.112. The van der Waals surface area contributed by atoms with Crippen LogP contribution in [0, 0.1) is 13.3 Å². The van der Waals surface area contributed by atoms with E-state index in [0.29, 0.717) is 0 Å². The van der Waals surface area contributed by atoms with Gasteiger partial charge in [-0.25, -0.2) is 0 Å². The third-order valence-electron chi connectivity index (χ3n) is 7.33. The Labute approximate surface area is 289 Å². The van der Waals surface area contributed by atoms with Gasteiger partial charge in [0.2, 0.25) is 0 Å². The van der Waals surface area contributed by atoms with Crippen molar-refractivity contribution >= 4 is 36.6 Å². The smallest absolute Gasteiger partial charge is 0.343 e. The van der Waals surface area contributed by atoms with Gasteiger partial charge in [-0.1, -0.05) is 87.3 Å². The van der Waals surface area contributed by atoms with Gasteiger partial charge in [-0.2, -0.15) is 42.7 Å². The number of unbranched alkanes of at least 4 members (excludes halogenated alkanes) is 1. The molecule has 0 aliphatic heterocycles. The van der Waals surface area contributed by atoms with E-state index < -0.39 is 0 Å². The topological polar surface area (TPSA) is 0 Å². The molecule has 0 aliphatic rings. The van der Waals surface area contributed by atoms with Gasteiger partial charge in [0.15, 0.2) is 0 Å². The van der Waals surface area contributed by atoms with Crippen LogP contribution in [0.15, 0.2) is 133 Å². The number of hydrogen-bond acceptors (Lipinski definition) is 0. The Morgan fingerprint density at radius 1 is 0.659 bits per heavy atom. The second-order valence-electron chi connectivity index (χ2n) is 10.7. The number of benzene rings is 4. The zero-order chi connectivity index (χ0) is 30.7.